The Morgan fingerprint density at radius 1 is 1.38 bits per heavy atom. The highest BCUT2D eigenvalue weighted by atomic mass is 35.5. The van der Waals surface area contributed by atoms with E-state index in [1.807, 2.05) is 0 Å². The molecule has 0 spiro atoms. The molecule has 0 bridgehead atoms. The summed E-state index contributed by atoms with van der Waals surface area (Å²) in [4.78, 5) is 16.2. The van der Waals surface area contributed by atoms with Crippen LogP contribution in [0.1, 0.15) is 21.7 Å². The lowest BCUT2D eigenvalue weighted by molar-refractivity contribution is 0.0951. The molecule has 0 aliphatic rings. The first-order valence-electron chi connectivity index (χ1n) is 6.97. The number of halogens is 3. The molecular weight excluding hydrogens is 372 g/mol. The number of imidazole rings is 1. The number of nitrogens with zero attached hydrogens (tertiary/aromatic N) is 2. The van der Waals surface area contributed by atoms with Gasteiger partial charge in [0.15, 0.2) is 0 Å². The Labute approximate surface area is 151 Å². The zero-order valence-corrected chi connectivity index (χ0v) is 14.8. The number of carbonyl (C=O) groups is 1. The molecule has 0 unspecified atom stereocenters. The SMILES string of the molecule is Cc1nccn1-c1ccc(CNC(=O)c2cc(Cl)sc2Cl)cc1F. The fourth-order valence-electron chi connectivity index (χ4n) is 2.26. The average Bonchev–Trinajstić information content (AvgIpc) is 3.10. The van der Waals surface area contributed by atoms with E-state index in [1.165, 1.54) is 12.1 Å². The van der Waals surface area contributed by atoms with Crippen LogP contribution in [0.25, 0.3) is 5.69 Å². The van der Waals surface area contributed by atoms with Gasteiger partial charge in [-0.15, -0.1) is 11.3 Å². The van der Waals surface area contributed by atoms with Crippen molar-refractivity contribution in [1.29, 1.82) is 0 Å². The van der Waals surface area contributed by atoms with Gasteiger partial charge in [-0.2, -0.15) is 0 Å². The summed E-state index contributed by atoms with van der Waals surface area (Å²) < 4.78 is 16.7. The molecular formula is C16H12Cl2FN3OS. The van der Waals surface area contributed by atoms with Gasteiger partial charge in [0.1, 0.15) is 16.0 Å². The number of aromatic nitrogens is 2. The highest BCUT2D eigenvalue weighted by molar-refractivity contribution is 7.20. The molecule has 24 heavy (non-hydrogen) atoms. The first kappa shape index (κ1) is 17.0. The third-order valence-corrected chi connectivity index (χ3v) is 4.94. The zero-order valence-electron chi connectivity index (χ0n) is 12.5. The summed E-state index contributed by atoms with van der Waals surface area (Å²) in [6.45, 7) is 1.98. The lowest BCUT2D eigenvalue weighted by Crippen LogP contribution is -2.22. The smallest absolute Gasteiger partial charge is 0.253 e. The number of carbonyl (C=O) groups excluding carboxylic acids is 1. The second-order valence-electron chi connectivity index (χ2n) is 5.05. The van der Waals surface area contributed by atoms with E-state index in [4.69, 9.17) is 23.2 Å². The van der Waals surface area contributed by atoms with E-state index in [0.717, 1.165) is 11.3 Å². The number of thiophene rings is 1. The Morgan fingerprint density at radius 2 is 2.17 bits per heavy atom. The van der Waals surface area contributed by atoms with E-state index in [0.29, 0.717) is 31.3 Å². The molecule has 1 amide bonds. The Balaban J connectivity index is 1.73. The molecule has 0 atom stereocenters. The molecule has 0 aliphatic carbocycles. The highest BCUT2D eigenvalue weighted by Gasteiger charge is 2.14. The van der Waals surface area contributed by atoms with E-state index >= 15 is 0 Å². The van der Waals surface area contributed by atoms with Crippen LogP contribution in [-0.4, -0.2) is 15.5 Å². The third kappa shape index (κ3) is 3.45. The van der Waals surface area contributed by atoms with Crippen molar-refractivity contribution in [1.82, 2.24) is 14.9 Å². The van der Waals surface area contributed by atoms with E-state index in [-0.39, 0.29) is 18.3 Å². The van der Waals surface area contributed by atoms with Crippen LogP contribution in [0, 0.1) is 12.7 Å². The normalized spacial score (nSPS) is 10.8. The van der Waals surface area contributed by atoms with Crippen molar-refractivity contribution >= 4 is 40.4 Å². The summed E-state index contributed by atoms with van der Waals surface area (Å²) in [5.74, 6) is -0.0449. The van der Waals surface area contributed by atoms with Gasteiger partial charge < -0.3 is 9.88 Å². The summed E-state index contributed by atoms with van der Waals surface area (Å²) in [5, 5.41) is 2.70. The van der Waals surface area contributed by atoms with Crippen LogP contribution in [-0.2, 0) is 6.54 Å². The van der Waals surface area contributed by atoms with Gasteiger partial charge in [0.05, 0.1) is 15.6 Å². The molecule has 0 fully saturated rings. The molecule has 4 nitrogen and oxygen atoms in total. The van der Waals surface area contributed by atoms with Crippen molar-refractivity contribution in [2.75, 3.05) is 0 Å². The minimum absolute atomic E-state index is 0.183. The highest BCUT2D eigenvalue weighted by Crippen LogP contribution is 2.31. The maximum Gasteiger partial charge on any atom is 0.253 e. The Kier molecular flexibility index (Phi) is 4.89. The zero-order chi connectivity index (χ0) is 17.3. The van der Waals surface area contributed by atoms with Gasteiger partial charge in [0.25, 0.3) is 5.91 Å². The Hall–Kier alpha value is -1.89. The van der Waals surface area contributed by atoms with Crippen LogP contribution in [0.15, 0.2) is 36.7 Å². The number of hydrogen-bond donors (Lipinski definition) is 1. The van der Waals surface area contributed by atoms with Crippen LogP contribution in [0.4, 0.5) is 4.39 Å². The lowest BCUT2D eigenvalue weighted by atomic mass is 10.2. The minimum Gasteiger partial charge on any atom is -0.348 e. The largest absolute Gasteiger partial charge is 0.348 e. The Morgan fingerprint density at radius 3 is 2.75 bits per heavy atom. The Bertz CT molecular complexity index is 907. The molecule has 124 valence electrons. The molecule has 0 radical (unpaired) electrons. The van der Waals surface area contributed by atoms with Crippen LogP contribution < -0.4 is 5.32 Å². The minimum atomic E-state index is -0.389. The monoisotopic (exact) mass is 383 g/mol. The van der Waals surface area contributed by atoms with Crippen LogP contribution in [0.5, 0.6) is 0 Å². The molecule has 2 aromatic heterocycles. The predicted octanol–water partition coefficient (Wildman–Crippen LogP) is 4.62. The lowest BCUT2D eigenvalue weighted by Gasteiger charge is -2.09. The summed E-state index contributed by atoms with van der Waals surface area (Å²) in [6.07, 6.45) is 3.30. The molecule has 1 N–H and O–H groups in total. The molecule has 3 aromatic rings. The van der Waals surface area contributed by atoms with Gasteiger partial charge >= 0.3 is 0 Å². The second kappa shape index (κ2) is 6.93. The van der Waals surface area contributed by atoms with Crippen molar-refractivity contribution in [3.8, 4) is 5.69 Å². The van der Waals surface area contributed by atoms with Crippen molar-refractivity contribution in [2.24, 2.45) is 0 Å². The fourth-order valence-corrected chi connectivity index (χ4v) is 3.72. The van der Waals surface area contributed by atoms with Crippen molar-refractivity contribution in [3.05, 3.63) is 68.1 Å². The molecule has 1 aromatic carbocycles. The number of amides is 1. The maximum absolute atomic E-state index is 14.3. The van der Waals surface area contributed by atoms with Crippen LogP contribution in [0.3, 0.4) is 0 Å². The van der Waals surface area contributed by atoms with Gasteiger partial charge in [-0.1, -0.05) is 29.3 Å². The van der Waals surface area contributed by atoms with E-state index < -0.39 is 0 Å². The quantitative estimate of drug-likeness (QED) is 0.714. The predicted molar refractivity (Wildman–Crippen MR) is 93.8 cm³/mol. The molecule has 8 heteroatoms. The number of rotatable bonds is 4. The van der Waals surface area contributed by atoms with Gasteiger partial charge in [-0.25, -0.2) is 9.37 Å². The molecule has 0 aliphatic heterocycles. The average molecular weight is 384 g/mol. The summed E-state index contributed by atoms with van der Waals surface area (Å²) >= 11 is 12.9. The number of aryl methyl sites for hydroxylation is 1. The van der Waals surface area contributed by atoms with Gasteiger partial charge in [0, 0.05) is 18.9 Å². The molecule has 2 heterocycles. The van der Waals surface area contributed by atoms with E-state index in [9.17, 15) is 9.18 Å². The number of hydrogen-bond acceptors (Lipinski definition) is 3. The van der Waals surface area contributed by atoms with Crippen LogP contribution in [0.2, 0.25) is 8.67 Å². The number of benzene rings is 1. The number of nitrogens with one attached hydrogen (secondary N) is 1. The van der Waals surface area contributed by atoms with Crippen molar-refractivity contribution in [2.45, 2.75) is 13.5 Å². The molecule has 3 rings (SSSR count). The van der Waals surface area contributed by atoms with Gasteiger partial charge in [-0.05, 0) is 30.7 Å². The van der Waals surface area contributed by atoms with E-state index in [1.54, 1.807) is 36.0 Å². The molecule has 0 saturated carbocycles. The summed E-state index contributed by atoms with van der Waals surface area (Å²) in [5.41, 5.74) is 1.37. The topological polar surface area (TPSA) is 46.9 Å². The maximum atomic E-state index is 14.3. The van der Waals surface area contributed by atoms with Gasteiger partial charge in [-0.3, -0.25) is 4.79 Å². The van der Waals surface area contributed by atoms with Crippen LogP contribution >= 0.6 is 34.5 Å². The first-order valence-corrected chi connectivity index (χ1v) is 8.54. The van der Waals surface area contributed by atoms with Gasteiger partial charge in [0.2, 0.25) is 0 Å². The second-order valence-corrected chi connectivity index (χ2v) is 7.34. The summed E-state index contributed by atoms with van der Waals surface area (Å²) in [7, 11) is 0. The standard InChI is InChI=1S/C16H12Cl2FN3OS/c1-9-20-4-5-22(9)13-3-2-10(6-12(13)19)8-21-16(23)11-7-14(17)24-15(11)18/h2-7H,8H2,1H3,(H,21,23). The molecule has 0 saturated heterocycles. The fraction of sp³-hybridized carbons (Fsp3) is 0.125. The van der Waals surface area contributed by atoms with Crippen molar-refractivity contribution < 1.29 is 9.18 Å². The summed E-state index contributed by atoms with van der Waals surface area (Å²) in [6, 6.07) is 6.30. The first-order chi connectivity index (χ1) is 11.5. The van der Waals surface area contributed by atoms with Crippen molar-refractivity contribution in [3.63, 3.8) is 0 Å². The van der Waals surface area contributed by atoms with E-state index in [2.05, 4.69) is 10.3 Å². The third-order valence-electron chi connectivity index (χ3n) is 3.45.